The number of hydrogen-bond acceptors (Lipinski definition) is 4. The number of hydrogen-bond donors (Lipinski definition) is 1. The van der Waals surface area contributed by atoms with Gasteiger partial charge in [0, 0.05) is 13.1 Å². The molecule has 1 N–H and O–H groups in total. The molecule has 0 atom stereocenters. The maximum atomic E-state index is 12.0. The Morgan fingerprint density at radius 1 is 1.47 bits per heavy atom. The van der Waals surface area contributed by atoms with Gasteiger partial charge < -0.3 is 0 Å². The Morgan fingerprint density at radius 2 is 2.21 bits per heavy atom. The Balaban J connectivity index is 2.54. The number of aryl methyl sites for hydroxylation is 1. The monoisotopic (exact) mass is 298 g/mol. The van der Waals surface area contributed by atoms with Gasteiger partial charge in [-0.15, -0.1) is 6.58 Å². The summed E-state index contributed by atoms with van der Waals surface area (Å²) in [7, 11) is -3.55. The average Bonchev–Trinajstić information content (AvgIpc) is 2.70. The van der Waals surface area contributed by atoms with E-state index in [2.05, 4.69) is 11.3 Å². The number of fused-ring (bicyclic) bond motifs is 1. The van der Waals surface area contributed by atoms with E-state index in [-0.39, 0.29) is 16.3 Å². The van der Waals surface area contributed by atoms with Crippen LogP contribution in [0.3, 0.4) is 0 Å². The van der Waals surface area contributed by atoms with Crippen LogP contribution in [0.1, 0.15) is 6.92 Å². The summed E-state index contributed by atoms with van der Waals surface area (Å²) < 4.78 is 28.6. The summed E-state index contributed by atoms with van der Waals surface area (Å²) >= 11 is 1.05. The lowest BCUT2D eigenvalue weighted by atomic mass is 10.3. The van der Waals surface area contributed by atoms with E-state index in [1.54, 1.807) is 10.6 Å². The van der Waals surface area contributed by atoms with Crippen molar-refractivity contribution in [3.63, 3.8) is 0 Å². The third kappa shape index (κ3) is 2.63. The molecule has 7 heteroatoms. The average molecular weight is 298 g/mol. The van der Waals surface area contributed by atoms with Gasteiger partial charge in [-0.3, -0.25) is 9.36 Å². The zero-order valence-electron chi connectivity index (χ0n) is 10.4. The first-order chi connectivity index (χ1) is 8.99. The molecule has 0 aliphatic heterocycles. The van der Waals surface area contributed by atoms with E-state index in [9.17, 15) is 13.2 Å². The predicted molar refractivity (Wildman–Crippen MR) is 77.1 cm³/mol. The second-order valence-corrected chi connectivity index (χ2v) is 6.64. The van der Waals surface area contributed by atoms with E-state index >= 15 is 0 Å². The van der Waals surface area contributed by atoms with Crippen LogP contribution in [0.4, 0.5) is 0 Å². The number of sulfonamides is 1. The second kappa shape index (κ2) is 5.28. The molecule has 1 aromatic heterocycles. The third-order valence-corrected chi connectivity index (χ3v) is 5.05. The van der Waals surface area contributed by atoms with Crippen molar-refractivity contribution < 1.29 is 8.42 Å². The van der Waals surface area contributed by atoms with Crippen LogP contribution < -0.4 is 9.60 Å². The van der Waals surface area contributed by atoms with Crippen LogP contribution in [-0.2, 0) is 16.6 Å². The van der Waals surface area contributed by atoms with Crippen molar-refractivity contribution in [1.82, 2.24) is 9.29 Å². The Bertz CT molecular complexity index is 772. The third-order valence-electron chi connectivity index (χ3n) is 2.68. The van der Waals surface area contributed by atoms with Gasteiger partial charge in [-0.2, -0.15) is 0 Å². The fraction of sp³-hybridized carbons (Fsp3) is 0.250. The summed E-state index contributed by atoms with van der Waals surface area (Å²) in [5, 5.41) is 0. The maximum Gasteiger partial charge on any atom is 0.308 e. The van der Waals surface area contributed by atoms with Crippen molar-refractivity contribution in [1.29, 1.82) is 0 Å². The van der Waals surface area contributed by atoms with E-state index in [0.717, 1.165) is 16.9 Å². The fourth-order valence-corrected chi connectivity index (χ4v) is 3.86. The highest BCUT2D eigenvalue weighted by Gasteiger charge is 2.15. The molecule has 5 nitrogen and oxygen atoms in total. The van der Waals surface area contributed by atoms with Crippen LogP contribution in [0, 0.1) is 0 Å². The first-order valence-corrected chi connectivity index (χ1v) is 8.03. The minimum atomic E-state index is -3.55. The molecule has 0 spiro atoms. The molecule has 0 unspecified atom stereocenters. The highest BCUT2D eigenvalue weighted by Crippen LogP contribution is 2.21. The topological polar surface area (TPSA) is 68.2 Å². The van der Waals surface area contributed by atoms with Gasteiger partial charge in [0.2, 0.25) is 10.0 Å². The first kappa shape index (κ1) is 14.0. The quantitative estimate of drug-likeness (QED) is 0.852. The normalized spacial score (nSPS) is 11.8. The SMILES string of the molecule is C=CCNS(=O)(=O)c1ccc2c(c1)sc(=O)n2CC. The number of aromatic nitrogens is 1. The molecule has 0 amide bonds. The van der Waals surface area contributed by atoms with Gasteiger partial charge in [-0.25, -0.2) is 13.1 Å². The van der Waals surface area contributed by atoms with Gasteiger partial charge in [0.05, 0.1) is 15.1 Å². The fourth-order valence-electron chi connectivity index (χ4n) is 1.77. The molecule has 0 fully saturated rings. The highest BCUT2D eigenvalue weighted by atomic mass is 32.2. The van der Waals surface area contributed by atoms with E-state index in [1.165, 1.54) is 18.2 Å². The zero-order chi connectivity index (χ0) is 14.0. The number of rotatable bonds is 5. The van der Waals surface area contributed by atoms with Crippen LogP contribution in [0.2, 0.25) is 0 Å². The van der Waals surface area contributed by atoms with Gasteiger partial charge in [0.15, 0.2) is 0 Å². The van der Waals surface area contributed by atoms with E-state index < -0.39 is 10.0 Å². The standard InChI is InChI=1S/C12H14N2O3S2/c1-3-7-13-19(16,17)9-5-6-10-11(8-9)18-12(15)14(10)4-2/h3,5-6,8,13H,1,4,7H2,2H3. The highest BCUT2D eigenvalue weighted by molar-refractivity contribution is 7.89. The predicted octanol–water partition coefficient (Wildman–Crippen LogP) is 1.55. The molecule has 0 bridgehead atoms. The first-order valence-electron chi connectivity index (χ1n) is 5.73. The summed E-state index contributed by atoms with van der Waals surface area (Å²) in [6, 6.07) is 4.70. The lowest BCUT2D eigenvalue weighted by molar-refractivity contribution is 0.586. The van der Waals surface area contributed by atoms with Crippen molar-refractivity contribution in [2.45, 2.75) is 18.4 Å². The molecule has 2 aromatic rings. The van der Waals surface area contributed by atoms with Crippen LogP contribution in [0.25, 0.3) is 10.2 Å². The van der Waals surface area contributed by atoms with Crippen molar-refractivity contribution >= 4 is 31.6 Å². The number of nitrogens with zero attached hydrogens (tertiary/aromatic N) is 1. The van der Waals surface area contributed by atoms with E-state index in [4.69, 9.17) is 0 Å². The second-order valence-electron chi connectivity index (χ2n) is 3.88. The summed E-state index contributed by atoms with van der Waals surface area (Å²) in [6.07, 6.45) is 1.47. The largest absolute Gasteiger partial charge is 0.308 e. The lowest BCUT2D eigenvalue weighted by Gasteiger charge is -2.05. The summed E-state index contributed by atoms with van der Waals surface area (Å²) in [4.78, 5) is 11.8. The summed E-state index contributed by atoms with van der Waals surface area (Å²) in [5.41, 5.74) is 0.764. The summed E-state index contributed by atoms with van der Waals surface area (Å²) in [6.45, 7) is 6.08. The molecule has 0 aliphatic carbocycles. The van der Waals surface area contributed by atoms with E-state index in [1.807, 2.05) is 6.92 Å². The van der Waals surface area contributed by atoms with Crippen LogP contribution in [-0.4, -0.2) is 19.5 Å². The lowest BCUT2D eigenvalue weighted by Crippen LogP contribution is -2.23. The van der Waals surface area contributed by atoms with Gasteiger partial charge in [-0.1, -0.05) is 17.4 Å². The van der Waals surface area contributed by atoms with Crippen molar-refractivity contribution in [3.8, 4) is 0 Å². The van der Waals surface area contributed by atoms with Gasteiger partial charge in [-0.05, 0) is 25.1 Å². The van der Waals surface area contributed by atoms with E-state index in [0.29, 0.717) is 11.2 Å². The smallest absolute Gasteiger partial charge is 0.299 e. The van der Waals surface area contributed by atoms with Crippen LogP contribution >= 0.6 is 11.3 Å². The molecule has 102 valence electrons. The Kier molecular flexibility index (Phi) is 3.88. The Morgan fingerprint density at radius 3 is 2.84 bits per heavy atom. The molecule has 0 saturated heterocycles. The van der Waals surface area contributed by atoms with Crippen LogP contribution in [0.15, 0.2) is 40.5 Å². The Hall–Kier alpha value is -1.44. The number of benzene rings is 1. The molecule has 1 heterocycles. The minimum absolute atomic E-state index is 0.0777. The number of nitrogens with one attached hydrogen (secondary N) is 1. The zero-order valence-corrected chi connectivity index (χ0v) is 12.1. The van der Waals surface area contributed by atoms with Crippen molar-refractivity contribution in [2.24, 2.45) is 0 Å². The maximum absolute atomic E-state index is 12.0. The molecule has 1 aromatic carbocycles. The molecular formula is C12H14N2O3S2. The molecule has 0 aliphatic rings. The van der Waals surface area contributed by atoms with Gasteiger partial charge in [0.1, 0.15) is 0 Å². The van der Waals surface area contributed by atoms with Gasteiger partial charge >= 0.3 is 4.87 Å². The number of thiazole rings is 1. The molecule has 19 heavy (non-hydrogen) atoms. The molecule has 2 rings (SSSR count). The van der Waals surface area contributed by atoms with Crippen molar-refractivity contribution in [2.75, 3.05) is 6.54 Å². The summed E-state index contributed by atoms with van der Waals surface area (Å²) in [5.74, 6) is 0. The molecule has 0 radical (unpaired) electrons. The van der Waals surface area contributed by atoms with Crippen molar-refractivity contribution in [3.05, 3.63) is 40.5 Å². The van der Waals surface area contributed by atoms with Crippen LogP contribution in [0.5, 0.6) is 0 Å². The molecule has 0 saturated carbocycles. The van der Waals surface area contributed by atoms with Gasteiger partial charge in [0.25, 0.3) is 0 Å². The molecular weight excluding hydrogens is 284 g/mol. The minimum Gasteiger partial charge on any atom is -0.299 e. The Labute approximate surface area is 115 Å².